The maximum absolute atomic E-state index is 12.2. The van der Waals surface area contributed by atoms with Crippen LogP contribution in [0.4, 0.5) is 5.69 Å². The van der Waals surface area contributed by atoms with E-state index in [1.54, 1.807) is 36.4 Å². The van der Waals surface area contributed by atoms with Gasteiger partial charge in [0.1, 0.15) is 0 Å². The third-order valence-corrected chi connectivity index (χ3v) is 3.47. The molecule has 0 radical (unpaired) electrons. The second-order valence-corrected chi connectivity index (χ2v) is 5.61. The Hall–Kier alpha value is -2.66. The van der Waals surface area contributed by atoms with Crippen molar-refractivity contribution in [3.63, 3.8) is 0 Å². The van der Waals surface area contributed by atoms with Crippen LogP contribution in [0.5, 0.6) is 0 Å². The second-order valence-electron chi connectivity index (χ2n) is 5.18. The SMILES string of the molecule is CC(=O)Nc1ccc(C(=O)O[C@@H](C)C(=O)c2ccc(Cl)cc2)cc1. The molecule has 1 N–H and O–H groups in total. The van der Waals surface area contributed by atoms with E-state index in [2.05, 4.69) is 5.32 Å². The van der Waals surface area contributed by atoms with Crippen molar-refractivity contribution in [3.8, 4) is 0 Å². The van der Waals surface area contributed by atoms with Crippen molar-refractivity contribution in [1.29, 1.82) is 0 Å². The number of ether oxygens (including phenoxy) is 1. The Morgan fingerprint density at radius 1 is 0.958 bits per heavy atom. The fourth-order valence-electron chi connectivity index (χ4n) is 2.02. The van der Waals surface area contributed by atoms with E-state index in [-0.39, 0.29) is 11.7 Å². The van der Waals surface area contributed by atoms with Crippen LogP contribution in [0.25, 0.3) is 0 Å². The van der Waals surface area contributed by atoms with E-state index in [4.69, 9.17) is 16.3 Å². The van der Waals surface area contributed by atoms with Crippen molar-refractivity contribution in [1.82, 2.24) is 0 Å². The van der Waals surface area contributed by atoms with E-state index in [0.29, 0.717) is 21.8 Å². The molecule has 5 nitrogen and oxygen atoms in total. The van der Waals surface area contributed by atoms with Gasteiger partial charge in [0.15, 0.2) is 6.10 Å². The summed E-state index contributed by atoms with van der Waals surface area (Å²) >= 11 is 5.78. The lowest BCUT2D eigenvalue weighted by Gasteiger charge is -2.12. The highest BCUT2D eigenvalue weighted by molar-refractivity contribution is 6.30. The average Bonchev–Trinajstić information content (AvgIpc) is 2.55. The number of hydrogen-bond acceptors (Lipinski definition) is 4. The Labute approximate surface area is 144 Å². The monoisotopic (exact) mass is 345 g/mol. The number of hydrogen-bond donors (Lipinski definition) is 1. The number of carbonyl (C=O) groups excluding carboxylic acids is 3. The molecular weight excluding hydrogens is 330 g/mol. The van der Waals surface area contributed by atoms with Gasteiger partial charge in [-0.05, 0) is 55.5 Å². The Balaban J connectivity index is 2.01. The highest BCUT2D eigenvalue weighted by Gasteiger charge is 2.20. The minimum atomic E-state index is -0.923. The van der Waals surface area contributed by atoms with Crippen molar-refractivity contribution >= 4 is 34.9 Å². The number of Topliss-reactive ketones (excluding diaryl/α,β-unsaturated/α-hetero) is 1. The third kappa shape index (κ3) is 4.67. The smallest absolute Gasteiger partial charge is 0.338 e. The molecule has 0 fully saturated rings. The van der Waals surface area contributed by atoms with E-state index >= 15 is 0 Å². The number of nitrogens with one attached hydrogen (secondary N) is 1. The highest BCUT2D eigenvalue weighted by atomic mass is 35.5. The lowest BCUT2D eigenvalue weighted by atomic mass is 10.1. The Morgan fingerprint density at radius 3 is 2.04 bits per heavy atom. The lowest BCUT2D eigenvalue weighted by Crippen LogP contribution is -2.24. The summed E-state index contributed by atoms with van der Waals surface area (Å²) in [6.45, 7) is 2.91. The molecule has 0 aromatic heterocycles. The molecule has 0 aliphatic carbocycles. The lowest BCUT2D eigenvalue weighted by molar-refractivity contribution is -0.114. The molecule has 0 saturated carbocycles. The number of benzene rings is 2. The Morgan fingerprint density at radius 2 is 1.50 bits per heavy atom. The molecule has 2 rings (SSSR count). The van der Waals surface area contributed by atoms with Gasteiger partial charge < -0.3 is 10.1 Å². The molecule has 0 bridgehead atoms. The fourth-order valence-corrected chi connectivity index (χ4v) is 2.15. The zero-order valence-corrected chi connectivity index (χ0v) is 14.0. The summed E-state index contributed by atoms with van der Waals surface area (Å²) in [4.78, 5) is 35.3. The topological polar surface area (TPSA) is 72.5 Å². The van der Waals surface area contributed by atoms with E-state index in [0.717, 1.165) is 0 Å². The summed E-state index contributed by atoms with van der Waals surface area (Å²) in [6, 6.07) is 12.6. The highest BCUT2D eigenvalue weighted by Crippen LogP contribution is 2.15. The third-order valence-electron chi connectivity index (χ3n) is 3.22. The number of esters is 1. The molecule has 6 heteroatoms. The normalized spacial score (nSPS) is 11.5. The maximum Gasteiger partial charge on any atom is 0.338 e. The first-order valence-electron chi connectivity index (χ1n) is 7.25. The minimum Gasteiger partial charge on any atom is -0.451 e. The quantitative estimate of drug-likeness (QED) is 0.662. The number of carbonyl (C=O) groups is 3. The molecule has 2 aromatic carbocycles. The van der Waals surface area contributed by atoms with E-state index in [9.17, 15) is 14.4 Å². The number of ketones is 1. The van der Waals surface area contributed by atoms with E-state index < -0.39 is 12.1 Å². The predicted octanol–water partition coefficient (Wildman–Crippen LogP) is 3.73. The van der Waals surface area contributed by atoms with Crippen LogP contribution in [0.1, 0.15) is 34.6 Å². The molecule has 124 valence electrons. The van der Waals surface area contributed by atoms with Crippen LogP contribution in [0.15, 0.2) is 48.5 Å². The van der Waals surface area contributed by atoms with Crippen LogP contribution < -0.4 is 5.32 Å². The van der Waals surface area contributed by atoms with Gasteiger partial charge >= 0.3 is 5.97 Å². The number of anilines is 1. The molecule has 0 aliphatic rings. The second kappa shape index (κ2) is 7.75. The maximum atomic E-state index is 12.2. The number of halogens is 1. The van der Waals surface area contributed by atoms with Gasteiger partial charge in [0, 0.05) is 23.2 Å². The van der Waals surface area contributed by atoms with Crippen LogP contribution >= 0.6 is 11.6 Å². The van der Waals surface area contributed by atoms with E-state index in [1.807, 2.05) is 0 Å². The first kappa shape index (κ1) is 17.7. The van der Waals surface area contributed by atoms with Gasteiger partial charge in [-0.15, -0.1) is 0 Å². The summed E-state index contributed by atoms with van der Waals surface area (Å²) in [5.74, 6) is -1.12. The first-order valence-corrected chi connectivity index (χ1v) is 7.63. The summed E-state index contributed by atoms with van der Waals surface area (Å²) in [5.41, 5.74) is 1.28. The van der Waals surface area contributed by atoms with Crippen LogP contribution in [-0.4, -0.2) is 23.8 Å². The van der Waals surface area contributed by atoms with Crippen LogP contribution in [-0.2, 0) is 9.53 Å². The zero-order chi connectivity index (χ0) is 17.7. The molecule has 1 atom stereocenters. The van der Waals surface area contributed by atoms with Gasteiger partial charge in [-0.3, -0.25) is 9.59 Å². The van der Waals surface area contributed by atoms with E-state index in [1.165, 1.54) is 26.0 Å². The van der Waals surface area contributed by atoms with Crippen LogP contribution in [0, 0.1) is 0 Å². The molecule has 1 amide bonds. The molecule has 0 aliphatic heterocycles. The molecule has 0 spiro atoms. The molecule has 2 aromatic rings. The van der Waals surface area contributed by atoms with Crippen LogP contribution in [0.2, 0.25) is 5.02 Å². The minimum absolute atomic E-state index is 0.201. The molecule has 24 heavy (non-hydrogen) atoms. The van der Waals surface area contributed by atoms with Crippen molar-refractivity contribution in [3.05, 3.63) is 64.7 Å². The van der Waals surface area contributed by atoms with Gasteiger partial charge in [-0.1, -0.05) is 11.6 Å². The van der Waals surface area contributed by atoms with Crippen molar-refractivity contribution in [2.45, 2.75) is 20.0 Å². The van der Waals surface area contributed by atoms with Crippen LogP contribution in [0.3, 0.4) is 0 Å². The molecular formula is C18H16ClNO4. The fraction of sp³-hybridized carbons (Fsp3) is 0.167. The Bertz CT molecular complexity index is 754. The first-order chi connectivity index (χ1) is 11.4. The van der Waals surface area contributed by atoms with Crippen molar-refractivity contribution in [2.24, 2.45) is 0 Å². The van der Waals surface area contributed by atoms with Gasteiger partial charge in [0.2, 0.25) is 11.7 Å². The Kier molecular flexibility index (Phi) is 5.71. The van der Waals surface area contributed by atoms with Gasteiger partial charge in [-0.25, -0.2) is 4.79 Å². The predicted molar refractivity (Wildman–Crippen MR) is 91.4 cm³/mol. The van der Waals surface area contributed by atoms with Crippen molar-refractivity contribution < 1.29 is 19.1 Å². The largest absolute Gasteiger partial charge is 0.451 e. The van der Waals surface area contributed by atoms with Gasteiger partial charge in [-0.2, -0.15) is 0 Å². The average molecular weight is 346 g/mol. The van der Waals surface area contributed by atoms with Gasteiger partial charge in [0.25, 0.3) is 0 Å². The summed E-state index contributed by atoms with van der Waals surface area (Å²) in [5, 5.41) is 3.12. The summed E-state index contributed by atoms with van der Waals surface area (Å²) in [6.07, 6.45) is -0.923. The molecule has 0 saturated heterocycles. The standard InChI is InChI=1S/C18H16ClNO4/c1-11(17(22)13-3-7-15(19)8-4-13)24-18(23)14-5-9-16(10-6-14)20-12(2)21/h3-11H,1-2H3,(H,20,21)/t11-/m0/s1. The molecule has 0 heterocycles. The number of rotatable bonds is 5. The van der Waals surface area contributed by atoms with Crippen molar-refractivity contribution in [2.75, 3.05) is 5.32 Å². The zero-order valence-electron chi connectivity index (χ0n) is 13.2. The number of amides is 1. The summed E-state index contributed by atoms with van der Waals surface area (Å²) < 4.78 is 5.20. The van der Waals surface area contributed by atoms with Gasteiger partial charge in [0.05, 0.1) is 5.56 Å². The summed E-state index contributed by atoms with van der Waals surface area (Å²) in [7, 11) is 0. The molecule has 0 unspecified atom stereocenters.